The maximum atomic E-state index is 12.2. The smallest absolute Gasteiger partial charge is 0.410 e. The van der Waals surface area contributed by atoms with Gasteiger partial charge in [0.25, 0.3) is 0 Å². The Labute approximate surface area is 133 Å². The molecule has 1 amide bonds. The Balaban J connectivity index is 1.97. The number of amides is 1. The van der Waals surface area contributed by atoms with Crippen LogP contribution >= 0.6 is 0 Å². The van der Waals surface area contributed by atoms with Gasteiger partial charge in [-0.2, -0.15) is 0 Å². The third-order valence-corrected chi connectivity index (χ3v) is 3.53. The summed E-state index contributed by atoms with van der Waals surface area (Å²) < 4.78 is 11.5. The predicted molar refractivity (Wildman–Crippen MR) is 87.4 cm³/mol. The second-order valence-corrected chi connectivity index (χ2v) is 7.13. The molecular weight excluding hydrogens is 278 g/mol. The van der Waals surface area contributed by atoms with Crippen LogP contribution in [0.15, 0.2) is 18.2 Å². The van der Waals surface area contributed by atoms with Crippen LogP contribution in [0.3, 0.4) is 0 Å². The first kappa shape index (κ1) is 16.7. The Morgan fingerprint density at radius 3 is 2.41 bits per heavy atom. The van der Waals surface area contributed by atoms with Crippen molar-refractivity contribution in [1.82, 2.24) is 4.90 Å². The highest BCUT2D eigenvalue weighted by molar-refractivity contribution is 5.68. The molecule has 1 fully saturated rings. The number of carbonyl (C=O) groups excluding carboxylic acids is 1. The Bertz CT molecular complexity index is 513. The highest BCUT2D eigenvalue weighted by atomic mass is 16.6. The Morgan fingerprint density at radius 1 is 1.18 bits per heavy atom. The molecule has 122 valence electrons. The molecular formula is C18H27NO3. The maximum absolute atomic E-state index is 12.2. The highest BCUT2D eigenvalue weighted by Gasteiger charge is 2.28. The molecule has 1 heterocycles. The molecule has 0 aliphatic carbocycles. The van der Waals surface area contributed by atoms with E-state index < -0.39 is 5.60 Å². The van der Waals surface area contributed by atoms with Gasteiger partial charge in [-0.3, -0.25) is 0 Å². The molecule has 1 aliphatic heterocycles. The van der Waals surface area contributed by atoms with Gasteiger partial charge in [-0.15, -0.1) is 0 Å². The molecule has 2 rings (SSSR count). The topological polar surface area (TPSA) is 38.8 Å². The first-order valence-electron chi connectivity index (χ1n) is 7.96. The zero-order chi connectivity index (χ0) is 16.3. The molecule has 0 radical (unpaired) electrons. The predicted octanol–water partition coefficient (Wildman–Crippen LogP) is 4.08. The largest absolute Gasteiger partial charge is 0.489 e. The first-order chi connectivity index (χ1) is 10.2. The Morgan fingerprint density at radius 2 is 1.82 bits per heavy atom. The van der Waals surface area contributed by atoms with E-state index in [1.54, 1.807) is 4.90 Å². The Hall–Kier alpha value is -1.71. The normalized spacial score (nSPS) is 19.0. The highest BCUT2D eigenvalue weighted by Crippen LogP contribution is 2.22. The van der Waals surface area contributed by atoms with Gasteiger partial charge in [0.15, 0.2) is 0 Å². The number of benzene rings is 1. The molecule has 22 heavy (non-hydrogen) atoms. The quantitative estimate of drug-likeness (QED) is 0.826. The first-order valence-corrected chi connectivity index (χ1v) is 7.96. The molecule has 0 saturated carbocycles. The molecule has 0 spiro atoms. The van der Waals surface area contributed by atoms with Crippen molar-refractivity contribution in [2.24, 2.45) is 0 Å². The molecule has 0 N–H and O–H groups in total. The van der Waals surface area contributed by atoms with Crippen molar-refractivity contribution < 1.29 is 14.3 Å². The molecule has 1 unspecified atom stereocenters. The third-order valence-electron chi connectivity index (χ3n) is 3.53. The summed E-state index contributed by atoms with van der Waals surface area (Å²) in [5.74, 6) is 0.883. The number of hydrogen-bond donors (Lipinski definition) is 0. The van der Waals surface area contributed by atoms with Crippen LogP contribution in [-0.4, -0.2) is 35.8 Å². The monoisotopic (exact) mass is 305 g/mol. The van der Waals surface area contributed by atoms with Crippen LogP contribution in [0, 0.1) is 13.8 Å². The fourth-order valence-electron chi connectivity index (χ4n) is 2.72. The lowest BCUT2D eigenvalue weighted by atomic mass is 10.1. The van der Waals surface area contributed by atoms with Crippen molar-refractivity contribution in [3.63, 3.8) is 0 Å². The lowest BCUT2D eigenvalue weighted by molar-refractivity contribution is 0.00774. The van der Waals surface area contributed by atoms with Gasteiger partial charge in [-0.25, -0.2) is 4.79 Å². The van der Waals surface area contributed by atoms with E-state index in [-0.39, 0.29) is 12.2 Å². The van der Waals surface area contributed by atoms with E-state index >= 15 is 0 Å². The molecule has 1 atom stereocenters. The average Bonchev–Trinajstić information content (AvgIpc) is 2.35. The number of hydrogen-bond acceptors (Lipinski definition) is 3. The van der Waals surface area contributed by atoms with Gasteiger partial charge >= 0.3 is 6.09 Å². The summed E-state index contributed by atoms with van der Waals surface area (Å²) in [7, 11) is 0. The lowest BCUT2D eigenvalue weighted by Gasteiger charge is -2.34. The summed E-state index contributed by atoms with van der Waals surface area (Å²) in [5, 5.41) is 0. The fraction of sp³-hybridized carbons (Fsp3) is 0.611. The van der Waals surface area contributed by atoms with E-state index in [4.69, 9.17) is 9.47 Å². The summed E-state index contributed by atoms with van der Waals surface area (Å²) in [5.41, 5.74) is 1.92. The van der Waals surface area contributed by atoms with Crippen molar-refractivity contribution in [2.45, 2.75) is 59.2 Å². The van der Waals surface area contributed by atoms with Gasteiger partial charge in [0, 0.05) is 6.54 Å². The van der Waals surface area contributed by atoms with E-state index in [1.165, 1.54) is 11.1 Å². The number of ether oxygens (including phenoxy) is 2. The zero-order valence-corrected chi connectivity index (χ0v) is 14.3. The van der Waals surface area contributed by atoms with Crippen LogP contribution < -0.4 is 4.74 Å². The van der Waals surface area contributed by atoms with Crippen molar-refractivity contribution in [2.75, 3.05) is 13.1 Å². The van der Waals surface area contributed by atoms with Gasteiger partial charge in [-0.05, 0) is 70.7 Å². The van der Waals surface area contributed by atoms with Gasteiger partial charge in [0.05, 0.1) is 6.54 Å². The van der Waals surface area contributed by atoms with Gasteiger partial charge in [-0.1, -0.05) is 6.07 Å². The van der Waals surface area contributed by atoms with Crippen LogP contribution in [0.4, 0.5) is 4.79 Å². The van der Waals surface area contributed by atoms with Crippen LogP contribution in [0.5, 0.6) is 5.75 Å². The summed E-state index contributed by atoms with van der Waals surface area (Å²) >= 11 is 0. The maximum Gasteiger partial charge on any atom is 0.410 e. The molecule has 1 aromatic carbocycles. The van der Waals surface area contributed by atoms with Gasteiger partial charge in [0.1, 0.15) is 17.5 Å². The zero-order valence-electron chi connectivity index (χ0n) is 14.3. The molecule has 1 saturated heterocycles. The molecule has 1 aliphatic rings. The lowest BCUT2D eigenvalue weighted by Crippen LogP contribution is -2.46. The minimum Gasteiger partial charge on any atom is -0.489 e. The molecule has 4 nitrogen and oxygen atoms in total. The summed E-state index contributed by atoms with van der Waals surface area (Å²) in [6.07, 6.45) is 1.68. The number of piperidine rings is 1. The van der Waals surface area contributed by atoms with E-state index in [1.807, 2.05) is 32.9 Å². The van der Waals surface area contributed by atoms with Crippen LogP contribution in [0.2, 0.25) is 0 Å². The van der Waals surface area contributed by atoms with E-state index in [0.717, 1.165) is 25.1 Å². The minimum absolute atomic E-state index is 0.0301. The number of nitrogens with zero attached hydrogens (tertiary/aromatic N) is 1. The molecule has 1 aromatic rings. The number of carbonyl (C=O) groups is 1. The standard InChI is InChI=1S/C18H27NO3/c1-13-9-14(2)11-16(10-13)21-15-7-6-8-19(12-15)17(20)22-18(3,4)5/h9-11,15H,6-8,12H2,1-5H3. The minimum atomic E-state index is -0.460. The van der Waals surface area contributed by atoms with Gasteiger partial charge < -0.3 is 14.4 Å². The van der Waals surface area contributed by atoms with Crippen LogP contribution in [0.25, 0.3) is 0 Å². The fourth-order valence-corrected chi connectivity index (χ4v) is 2.72. The van der Waals surface area contributed by atoms with Crippen molar-refractivity contribution in [1.29, 1.82) is 0 Å². The van der Waals surface area contributed by atoms with Gasteiger partial charge in [0.2, 0.25) is 0 Å². The summed E-state index contributed by atoms with van der Waals surface area (Å²) in [4.78, 5) is 13.9. The number of rotatable bonds is 2. The van der Waals surface area contributed by atoms with Crippen LogP contribution in [-0.2, 0) is 4.74 Å². The second kappa shape index (κ2) is 6.59. The van der Waals surface area contributed by atoms with Crippen LogP contribution in [0.1, 0.15) is 44.7 Å². The van der Waals surface area contributed by atoms with E-state index in [9.17, 15) is 4.79 Å². The SMILES string of the molecule is Cc1cc(C)cc(OC2CCCN(C(=O)OC(C)(C)C)C2)c1. The number of aryl methyl sites for hydroxylation is 2. The summed E-state index contributed by atoms with van der Waals surface area (Å²) in [6, 6.07) is 6.21. The molecule has 4 heteroatoms. The third kappa shape index (κ3) is 4.93. The van der Waals surface area contributed by atoms with Crippen molar-refractivity contribution in [3.05, 3.63) is 29.3 Å². The van der Waals surface area contributed by atoms with E-state index in [2.05, 4.69) is 19.9 Å². The molecule has 0 aromatic heterocycles. The number of likely N-dealkylation sites (tertiary alicyclic amines) is 1. The second-order valence-electron chi connectivity index (χ2n) is 7.13. The van der Waals surface area contributed by atoms with E-state index in [0.29, 0.717) is 6.54 Å². The van der Waals surface area contributed by atoms with Crippen molar-refractivity contribution in [3.8, 4) is 5.75 Å². The average molecular weight is 305 g/mol. The Kier molecular flexibility index (Phi) is 4.99. The summed E-state index contributed by atoms with van der Waals surface area (Å²) in [6.45, 7) is 11.1. The molecule has 0 bridgehead atoms. The van der Waals surface area contributed by atoms with Crippen molar-refractivity contribution >= 4 is 6.09 Å².